The first-order valence-corrected chi connectivity index (χ1v) is 7.94. The maximum absolute atomic E-state index is 12.8. The van der Waals surface area contributed by atoms with Gasteiger partial charge in [-0.1, -0.05) is 49.4 Å². The van der Waals surface area contributed by atoms with E-state index in [1.807, 2.05) is 75.4 Å². The van der Waals surface area contributed by atoms with Crippen LogP contribution in [0.15, 0.2) is 54.6 Å². The first-order valence-electron chi connectivity index (χ1n) is 7.94. The summed E-state index contributed by atoms with van der Waals surface area (Å²) in [6, 6.07) is 17.7. The Kier molecular flexibility index (Phi) is 3.99. The SMILES string of the molecule is CCC(C)(C)OC(=O)N1c2ccccc2NC1c1ccccc1. The summed E-state index contributed by atoms with van der Waals surface area (Å²) in [5, 5.41) is 3.41. The maximum Gasteiger partial charge on any atom is 0.416 e. The Balaban J connectivity index is 1.97. The van der Waals surface area contributed by atoms with Crippen molar-refractivity contribution < 1.29 is 9.53 Å². The van der Waals surface area contributed by atoms with Gasteiger partial charge in [-0.15, -0.1) is 0 Å². The molecule has 2 aromatic carbocycles. The van der Waals surface area contributed by atoms with Crippen LogP contribution in [0.2, 0.25) is 0 Å². The Bertz CT molecular complexity index is 698. The molecule has 2 aromatic rings. The fourth-order valence-electron chi connectivity index (χ4n) is 2.59. The van der Waals surface area contributed by atoms with Gasteiger partial charge in [0, 0.05) is 0 Å². The summed E-state index contributed by atoms with van der Waals surface area (Å²) in [4.78, 5) is 14.5. The first-order chi connectivity index (χ1) is 11.0. The minimum absolute atomic E-state index is 0.256. The summed E-state index contributed by atoms with van der Waals surface area (Å²) >= 11 is 0. The zero-order valence-electron chi connectivity index (χ0n) is 13.7. The van der Waals surface area contributed by atoms with Gasteiger partial charge in [-0.3, -0.25) is 4.90 Å². The monoisotopic (exact) mass is 310 g/mol. The Morgan fingerprint density at radius 3 is 2.48 bits per heavy atom. The van der Waals surface area contributed by atoms with E-state index in [1.54, 1.807) is 4.90 Å². The van der Waals surface area contributed by atoms with Crippen LogP contribution in [0.5, 0.6) is 0 Å². The number of rotatable bonds is 3. The normalized spacial score (nSPS) is 16.7. The highest BCUT2D eigenvalue weighted by Crippen LogP contribution is 2.41. The summed E-state index contributed by atoms with van der Waals surface area (Å²) in [5.74, 6) is 0. The number of nitrogens with one attached hydrogen (secondary N) is 1. The summed E-state index contributed by atoms with van der Waals surface area (Å²) in [6.45, 7) is 5.87. The highest BCUT2D eigenvalue weighted by atomic mass is 16.6. The average Bonchev–Trinajstić information content (AvgIpc) is 2.95. The van der Waals surface area contributed by atoms with Crippen LogP contribution in [0, 0.1) is 0 Å². The van der Waals surface area contributed by atoms with Gasteiger partial charge in [0.2, 0.25) is 0 Å². The number of anilines is 2. The number of hydrogen-bond donors (Lipinski definition) is 1. The van der Waals surface area contributed by atoms with Crippen LogP contribution in [0.25, 0.3) is 0 Å². The molecule has 0 fully saturated rings. The molecule has 4 nitrogen and oxygen atoms in total. The van der Waals surface area contributed by atoms with Crippen molar-refractivity contribution >= 4 is 17.5 Å². The second kappa shape index (κ2) is 5.95. The van der Waals surface area contributed by atoms with E-state index in [-0.39, 0.29) is 12.3 Å². The molecule has 120 valence electrons. The molecule has 1 atom stereocenters. The Morgan fingerprint density at radius 2 is 1.78 bits per heavy atom. The number of carbonyl (C=O) groups excluding carboxylic acids is 1. The quantitative estimate of drug-likeness (QED) is 0.872. The molecule has 4 heteroatoms. The molecule has 1 aliphatic heterocycles. The van der Waals surface area contributed by atoms with Crippen LogP contribution in [-0.4, -0.2) is 11.7 Å². The van der Waals surface area contributed by atoms with Crippen LogP contribution in [0.1, 0.15) is 38.9 Å². The summed E-state index contributed by atoms with van der Waals surface area (Å²) in [5.41, 5.74) is 2.32. The molecule has 1 N–H and O–H groups in total. The predicted molar refractivity (Wildman–Crippen MR) is 92.6 cm³/mol. The number of benzene rings is 2. The third kappa shape index (κ3) is 3.02. The molecule has 0 aliphatic carbocycles. The van der Waals surface area contributed by atoms with Crippen molar-refractivity contribution in [2.45, 2.75) is 39.0 Å². The molecule has 1 unspecified atom stereocenters. The predicted octanol–water partition coefficient (Wildman–Crippen LogP) is 4.94. The molecule has 0 aromatic heterocycles. The molecule has 1 aliphatic rings. The van der Waals surface area contributed by atoms with Crippen LogP contribution >= 0.6 is 0 Å². The molecule has 3 rings (SSSR count). The van der Waals surface area contributed by atoms with Crippen molar-refractivity contribution in [3.63, 3.8) is 0 Å². The lowest BCUT2D eigenvalue weighted by atomic mass is 10.1. The first kappa shape index (κ1) is 15.4. The average molecular weight is 310 g/mol. The number of carbonyl (C=O) groups is 1. The number of para-hydroxylation sites is 2. The van der Waals surface area contributed by atoms with Gasteiger partial charge in [-0.25, -0.2) is 4.79 Å². The minimum Gasteiger partial charge on any atom is -0.443 e. The summed E-state index contributed by atoms with van der Waals surface area (Å²) < 4.78 is 5.73. The van der Waals surface area contributed by atoms with Gasteiger partial charge >= 0.3 is 6.09 Å². The van der Waals surface area contributed by atoms with E-state index < -0.39 is 5.60 Å². The van der Waals surface area contributed by atoms with Gasteiger partial charge in [0.1, 0.15) is 11.8 Å². The number of amides is 1. The molecular formula is C19H22N2O2. The highest BCUT2D eigenvalue weighted by Gasteiger charge is 2.37. The fourth-order valence-corrected chi connectivity index (χ4v) is 2.59. The lowest BCUT2D eigenvalue weighted by Gasteiger charge is -2.30. The summed E-state index contributed by atoms with van der Waals surface area (Å²) in [7, 11) is 0. The largest absolute Gasteiger partial charge is 0.443 e. The van der Waals surface area contributed by atoms with Gasteiger partial charge < -0.3 is 10.1 Å². The van der Waals surface area contributed by atoms with Gasteiger partial charge in [-0.05, 0) is 38.0 Å². The zero-order valence-corrected chi connectivity index (χ0v) is 13.7. The molecule has 0 saturated heterocycles. The molecule has 23 heavy (non-hydrogen) atoms. The Labute approximate surface area is 137 Å². The molecule has 0 spiro atoms. The van der Waals surface area contributed by atoms with Crippen LogP contribution in [-0.2, 0) is 4.74 Å². The van der Waals surface area contributed by atoms with Crippen molar-refractivity contribution in [3.8, 4) is 0 Å². The third-order valence-corrected chi connectivity index (χ3v) is 4.24. The molecule has 0 bridgehead atoms. The van der Waals surface area contributed by atoms with Crippen molar-refractivity contribution in [1.29, 1.82) is 0 Å². The van der Waals surface area contributed by atoms with E-state index in [0.717, 1.165) is 23.4 Å². The van der Waals surface area contributed by atoms with E-state index in [9.17, 15) is 4.79 Å². The molecule has 1 heterocycles. The molecule has 0 radical (unpaired) electrons. The van der Waals surface area contributed by atoms with Crippen LogP contribution in [0.3, 0.4) is 0 Å². The van der Waals surface area contributed by atoms with Crippen molar-refractivity contribution in [2.75, 3.05) is 10.2 Å². The minimum atomic E-state index is -0.490. The topological polar surface area (TPSA) is 41.6 Å². The zero-order chi connectivity index (χ0) is 16.4. The number of nitrogens with zero attached hydrogens (tertiary/aromatic N) is 1. The van der Waals surface area contributed by atoms with E-state index >= 15 is 0 Å². The van der Waals surface area contributed by atoms with Crippen LogP contribution < -0.4 is 10.2 Å². The van der Waals surface area contributed by atoms with Crippen molar-refractivity contribution in [2.24, 2.45) is 0 Å². The highest BCUT2D eigenvalue weighted by molar-refractivity contribution is 5.96. The lowest BCUT2D eigenvalue weighted by Crippen LogP contribution is -2.39. The smallest absolute Gasteiger partial charge is 0.416 e. The molecule has 1 amide bonds. The van der Waals surface area contributed by atoms with Crippen LogP contribution in [0.4, 0.5) is 16.2 Å². The van der Waals surface area contributed by atoms with E-state index in [1.165, 1.54) is 0 Å². The standard InChI is InChI=1S/C19H22N2O2/c1-4-19(2,3)23-18(22)21-16-13-9-8-12-15(16)20-17(21)14-10-6-5-7-11-14/h5-13,17,20H,4H2,1-3H3. The van der Waals surface area contributed by atoms with Crippen molar-refractivity contribution in [1.82, 2.24) is 0 Å². The van der Waals surface area contributed by atoms with Gasteiger partial charge in [0.15, 0.2) is 0 Å². The Morgan fingerprint density at radius 1 is 1.13 bits per heavy atom. The van der Waals surface area contributed by atoms with Gasteiger partial charge in [0.05, 0.1) is 11.4 Å². The Hall–Kier alpha value is -2.49. The third-order valence-electron chi connectivity index (χ3n) is 4.24. The number of fused-ring (bicyclic) bond motifs is 1. The summed E-state index contributed by atoms with van der Waals surface area (Å²) in [6.07, 6.45) is 0.175. The number of ether oxygens (including phenoxy) is 1. The lowest BCUT2D eigenvalue weighted by molar-refractivity contribution is 0.0404. The second-order valence-corrected chi connectivity index (χ2v) is 6.33. The van der Waals surface area contributed by atoms with Gasteiger partial charge in [0.25, 0.3) is 0 Å². The molecule has 0 saturated carbocycles. The van der Waals surface area contributed by atoms with Gasteiger partial charge in [-0.2, -0.15) is 0 Å². The van der Waals surface area contributed by atoms with E-state index in [0.29, 0.717) is 0 Å². The second-order valence-electron chi connectivity index (χ2n) is 6.33. The maximum atomic E-state index is 12.8. The fraction of sp³-hybridized carbons (Fsp3) is 0.316. The van der Waals surface area contributed by atoms with E-state index in [4.69, 9.17) is 4.74 Å². The molecular weight excluding hydrogens is 288 g/mol. The van der Waals surface area contributed by atoms with E-state index in [2.05, 4.69) is 5.32 Å². The van der Waals surface area contributed by atoms with Crippen molar-refractivity contribution in [3.05, 3.63) is 60.2 Å². The number of hydrogen-bond acceptors (Lipinski definition) is 3.